The van der Waals surface area contributed by atoms with Gasteiger partial charge in [0.25, 0.3) is 5.91 Å². The number of carbonyl (C=O) groups excluding carboxylic acids is 1. The molecule has 9 heteroatoms. The first-order valence-corrected chi connectivity index (χ1v) is 6.97. The fourth-order valence-electron chi connectivity index (χ4n) is 1.66. The Morgan fingerprint density at radius 1 is 1.41 bits per heavy atom. The number of amides is 1. The zero-order valence-electron chi connectivity index (χ0n) is 9.01. The van der Waals surface area contributed by atoms with Gasteiger partial charge in [-0.05, 0) is 12.8 Å². The average Bonchev–Trinajstić information content (AvgIpc) is 2.68. The molecule has 8 nitrogen and oxygen atoms in total. The third-order valence-electron chi connectivity index (χ3n) is 2.61. The van der Waals surface area contributed by atoms with E-state index in [-0.39, 0.29) is 29.3 Å². The van der Waals surface area contributed by atoms with E-state index in [1.54, 1.807) is 0 Å². The van der Waals surface area contributed by atoms with E-state index < -0.39 is 15.7 Å². The highest BCUT2D eigenvalue weighted by molar-refractivity contribution is 7.91. The molecule has 0 bridgehead atoms. The Balaban J connectivity index is 1.92. The molecule has 0 radical (unpaired) electrons. The van der Waals surface area contributed by atoms with E-state index in [0.717, 1.165) is 0 Å². The van der Waals surface area contributed by atoms with Crippen LogP contribution in [0.5, 0.6) is 0 Å². The van der Waals surface area contributed by atoms with Crippen LogP contribution in [0.1, 0.15) is 23.5 Å². The monoisotopic (exact) mass is 259 g/mol. The molecule has 0 aromatic carbocycles. The summed E-state index contributed by atoms with van der Waals surface area (Å²) in [5.74, 6) is -0.164. The van der Waals surface area contributed by atoms with E-state index in [1.807, 2.05) is 0 Å². The molecule has 0 atom stereocenters. The summed E-state index contributed by atoms with van der Waals surface area (Å²) < 4.78 is 22.4. The number of nitrogen functional groups attached to an aromatic ring is 1. The number of H-pyrrole nitrogens is 1. The first-order chi connectivity index (χ1) is 7.96. The highest BCUT2D eigenvalue weighted by atomic mass is 32.2. The van der Waals surface area contributed by atoms with Crippen LogP contribution in [0.4, 0.5) is 5.95 Å². The van der Waals surface area contributed by atoms with Gasteiger partial charge in [0.15, 0.2) is 0 Å². The largest absolute Gasteiger partial charge is 0.366 e. The third kappa shape index (κ3) is 2.93. The minimum absolute atomic E-state index is 0.00127. The van der Waals surface area contributed by atoms with Crippen molar-refractivity contribution in [3.63, 3.8) is 0 Å². The number of carbonyl (C=O) groups is 1. The highest BCUT2D eigenvalue weighted by Crippen LogP contribution is 2.12. The zero-order valence-corrected chi connectivity index (χ0v) is 9.83. The molecule has 1 saturated heterocycles. The van der Waals surface area contributed by atoms with Crippen molar-refractivity contribution in [1.29, 1.82) is 0 Å². The summed E-state index contributed by atoms with van der Waals surface area (Å²) in [6.45, 7) is 0. The second kappa shape index (κ2) is 4.32. The van der Waals surface area contributed by atoms with Crippen LogP contribution in [0.2, 0.25) is 0 Å². The maximum absolute atomic E-state index is 11.6. The summed E-state index contributed by atoms with van der Waals surface area (Å²) in [5, 5.41) is 8.63. The zero-order chi connectivity index (χ0) is 12.5. The molecular weight excluding hydrogens is 246 g/mol. The molecule has 0 spiro atoms. The van der Waals surface area contributed by atoms with Crippen LogP contribution in [-0.4, -0.2) is 47.1 Å². The van der Waals surface area contributed by atoms with Gasteiger partial charge in [-0.15, -0.1) is 5.10 Å². The number of nitrogens with one attached hydrogen (secondary N) is 2. The van der Waals surface area contributed by atoms with Gasteiger partial charge < -0.3 is 11.1 Å². The van der Waals surface area contributed by atoms with Crippen molar-refractivity contribution in [1.82, 2.24) is 20.5 Å². The van der Waals surface area contributed by atoms with E-state index >= 15 is 0 Å². The lowest BCUT2D eigenvalue weighted by Gasteiger charge is -2.22. The van der Waals surface area contributed by atoms with Crippen LogP contribution in [-0.2, 0) is 9.84 Å². The van der Waals surface area contributed by atoms with Crippen molar-refractivity contribution in [3.05, 3.63) is 5.82 Å². The molecule has 0 unspecified atom stereocenters. The quantitative estimate of drug-likeness (QED) is 0.604. The number of sulfone groups is 1. The average molecular weight is 259 g/mol. The van der Waals surface area contributed by atoms with E-state index in [9.17, 15) is 13.2 Å². The van der Waals surface area contributed by atoms with E-state index in [1.165, 1.54) is 0 Å². The Labute approximate surface area is 97.9 Å². The van der Waals surface area contributed by atoms with Crippen molar-refractivity contribution in [2.45, 2.75) is 18.9 Å². The van der Waals surface area contributed by atoms with Gasteiger partial charge in [0.2, 0.25) is 11.8 Å². The van der Waals surface area contributed by atoms with Gasteiger partial charge >= 0.3 is 0 Å². The van der Waals surface area contributed by atoms with Crippen molar-refractivity contribution >= 4 is 21.7 Å². The van der Waals surface area contributed by atoms with E-state index in [4.69, 9.17) is 5.73 Å². The Morgan fingerprint density at radius 2 is 2.06 bits per heavy atom. The predicted molar refractivity (Wildman–Crippen MR) is 59.9 cm³/mol. The standard InChI is InChI=1S/C8H13N5O3S/c9-8-11-6(12-13-8)7(14)10-5-1-3-17(15,16)4-2-5/h5H,1-4H2,(H,10,14)(H3,9,11,12,13). The van der Waals surface area contributed by atoms with Crippen LogP contribution in [0.25, 0.3) is 0 Å². The van der Waals surface area contributed by atoms with Crippen molar-refractivity contribution in [2.75, 3.05) is 17.2 Å². The Bertz CT molecular complexity index is 509. The van der Waals surface area contributed by atoms with Crippen LogP contribution in [0, 0.1) is 0 Å². The lowest BCUT2D eigenvalue weighted by molar-refractivity contribution is 0.0924. The summed E-state index contributed by atoms with van der Waals surface area (Å²) in [7, 11) is -2.92. The molecule has 1 aromatic heterocycles. The number of rotatable bonds is 2. The fraction of sp³-hybridized carbons (Fsp3) is 0.625. The molecular formula is C8H13N5O3S. The fourth-order valence-corrected chi connectivity index (χ4v) is 3.16. The summed E-state index contributed by atoms with van der Waals surface area (Å²) in [6, 6.07) is -0.141. The van der Waals surface area contributed by atoms with Crippen molar-refractivity contribution in [2.24, 2.45) is 0 Å². The summed E-state index contributed by atoms with van der Waals surface area (Å²) in [4.78, 5) is 15.3. The first kappa shape index (κ1) is 11.8. The van der Waals surface area contributed by atoms with Gasteiger partial charge in [-0.2, -0.15) is 4.98 Å². The van der Waals surface area contributed by atoms with Crippen molar-refractivity contribution in [3.8, 4) is 0 Å². The van der Waals surface area contributed by atoms with Gasteiger partial charge in [0.1, 0.15) is 9.84 Å². The van der Waals surface area contributed by atoms with Crippen LogP contribution >= 0.6 is 0 Å². The SMILES string of the molecule is Nc1n[nH]c(C(=O)NC2CCS(=O)(=O)CC2)n1. The Hall–Kier alpha value is -1.64. The molecule has 4 N–H and O–H groups in total. The predicted octanol–water partition coefficient (Wildman–Crippen LogP) is -1.31. The molecule has 17 heavy (non-hydrogen) atoms. The molecule has 1 amide bonds. The van der Waals surface area contributed by atoms with Gasteiger partial charge in [-0.1, -0.05) is 0 Å². The normalized spacial score (nSPS) is 20.0. The summed E-state index contributed by atoms with van der Waals surface area (Å²) >= 11 is 0. The maximum Gasteiger partial charge on any atom is 0.288 e. The number of hydrogen-bond acceptors (Lipinski definition) is 6. The minimum atomic E-state index is -2.92. The number of nitrogens with zero attached hydrogens (tertiary/aromatic N) is 2. The van der Waals surface area contributed by atoms with Crippen LogP contribution in [0.15, 0.2) is 0 Å². The topological polar surface area (TPSA) is 131 Å². The number of aromatic nitrogens is 3. The number of nitrogens with two attached hydrogens (primary N) is 1. The second-order valence-electron chi connectivity index (χ2n) is 3.94. The number of aromatic amines is 1. The maximum atomic E-state index is 11.6. The third-order valence-corrected chi connectivity index (χ3v) is 4.32. The molecule has 1 aliphatic heterocycles. The van der Waals surface area contributed by atoms with Gasteiger partial charge in [-0.25, -0.2) is 8.42 Å². The molecule has 2 rings (SSSR count). The van der Waals surface area contributed by atoms with E-state index in [0.29, 0.717) is 12.8 Å². The van der Waals surface area contributed by atoms with E-state index in [2.05, 4.69) is 20.5 Å². The van der Waals surface area contributed by atoms with Gasteiger partial charge in [0, 0.05) is 6.04 Å². The lowest BCUT2D eigenvalue weighted by Crippen LogP contribution is -2.41. The molecule has 0 saturated carbocycles. The smallest absolute Gasteiger partial charge is 0.288 e. The number of hydrogen-bond donors (Lipinski definition) is 3. The molecule has 1 aliphatic rings. The molecule has 0 aliphatic carbocycles. The van der Waals surface area contributed by atoms with Crippen LogP contribution < -0.4 is 11.1 Å². The van der Waals surface area contributed by atoms with Gasteiger partial charge in [0.05, 0.1) is 11.5 Å². The molecule has 94 valence electrons. The summed E-state index contributed by atoms with van der Waals surface area (Å²) in [5.41, 5.74) is 5.27. The highest BCUT2D eigenvalue weighted by Gasteiger charge is 2.25. The van der Waals surface area contributed by atoms with Crippen LogP contribution in [0.3, 0.4) is 0 Å². The minimum Gasteiger partial charge on any atom is -0.366 e. The number of anilines is 1. The lowest BCUT2D eigenvalue weighted by atomic mass is 10.1. The Kier molecular flexibility index (Phi) is 3.01. The molecule has 1 aromatic rings. The first-order valence-electron chi connectivity index (χ1n) is 5.15. The molecule has 2 heterocycles. The van der Waals surface area contributed by atoms with Crippen molar-refractivity contribution < 1.29 is 13.2 Å². The Morgan fingerprint density at radius 3 is 2.59 bits per heavy atom. The molecule has 1 fully saturated rings. The van der Waals surface area contributed by atoms with Gasteiger partial charge in [-0.3, -0.25) is 9.89 Å². The summed E-state index contributed by atoms with van der Waals surface area (Å²) in [6.07, 6.45) is 0.857. The second-order valence-corrected chi connectivity index (χ2v) is 6.25.